The Bertz CT molecular complexity index is 965. The Labute approximate surface area is 177 Å². The highest BCUT2D eigenvalue weighted by Crippen LogP contribution is 2.24. The van der Waals surface area contributed by atoms with Crippen molar-refractivity contribution in [1.29, 1.82) is 0 Å². The van der Waals surface area contributed by atoms with E-state index >= 15 is 0 Å². The molecule has 0 N–H and O–H groups in total. The smallest absolute Gasteiger partial charge is 0.261 e. The first-order chi connectivity index (χ1) is 14.5. The van der Waals surface area contributed by atoms with Crippen LogP contribution in [0.15, 0.2) is 29.3 Å². The third kappa shape index (κ3) is 3.94. The van der Waals surface area contributed by atoms with Gasteiger partial charge in [0.2, 0.25) is 5.91 Å². The summed E-state index contributed by atoms with van der Waals surface area (Å²) in [6, 6.07) is 6.17. The summed E-state index contributed by atoms with van der Waals surface area (Å²) in [6.07, 6.45) is 2.52. The van der Waals surface area contributed by atoms with Crippen molar-refractivity contribution >= 4 is 22.5 Å². The number of hydrogen-bond donors (Lipinski definition) is 0. The van der Waals surface area contributed by atoms with E-state index in [-0.39, 0.29) is 23.6 Å². The van der Waals surface area contributed by atoms with E-state index in [9.17, 15) is 9.59 Å². The lowest BCUT2D eigenvalue weighted by Gasteiger charge is -2.38. The number of carbonyl (C=O) groups is 1. The average molecular weight is 414 g/mol. The SMILES string of the molecule is COCCn1cnc2cc(N3CCN(C4CCN(C(C)C)C4=O)CC3)ccc2c1=O. The number of likely N-dealkylation sites (tertiary alicyclic amines) is 1. The maximum atomic E-state index is 12.7. The van der Waals surface area contributed by atoms with Crippen LogP contribution in [0.1, 0.15) is 20.3 Å². The van der Waals surface area contributed by atoms with Crippen LogP contribution in [0.3, 0.4) is 0 Å². The largest absolute Gasteiger partial charge is 0.383 e. The maximum Gasteiger partial charge on any atom is 0.261 e. The normalized spacial score (nSPS) is 20.7. The van der Waals surface area contributed by atoms with Crippen LogP contribution in [0.5, 0.6) is 0 Å². The molecule has 30 heavy (non-hydrogen) atoms. The molecule has 2 aliphatic heterocycles. The van der Waals surface area contributed by atoms with Crippen molar-refractivity contribution in [2.45, 2.75) is 38.9 Å². The molecule has 4 rings (SSSR count). The number of benzene rings is 1. The van der Waals surface area contributed by atoms with E-state index in [4.69, 9.17) is 4.74 Å². The number of ether oxygens (including phenoxy) is 1. The minimum Gasteiger partial charge on any atom is -0.383 e. The number of hydrogen-bond acceptors (Lipinski definition) is 6. The van der Waals surface area contributed by atoms with E-state index < -0.39 is 0 Å². The summed E-state index contributed by atoms with van der Waals surface area (Å²) in [5, 5.41) is 0.626. The molecule has 0 spiro atoms. The van der Waals surface area contributed by atoms with E-state index in [1.54, 1.807) is 18.0 Å². The molecular weight excluding hydrogens is 382 g/mol. The van der Waals surface area contributed by atoms with Crippen molar-refractivity contribution in [3.63, 3.8) is 0 Å². The Kier molecular flexibility index (Phi) is 6.06. The Morgan fingerprint density at radius 1 is 1.13 bits per heavy atom. The predicted molar refractivity (Wildman–Crippen MR) is 117 cm³/mol. The third-order valence-corrected chi connectivity index (χ3v) is 6.30. The molecule has 2 saturated heterocycles. The van der Waals surface area contributed by atoms with E-state index in [2.05, 4.69) is 28.6 Å². The van der Waals surface area contributed by atoms with Gasteiger partial charge in [0.1, 0.15) is 0 Å². The van der Waals surface area contributed by atoms with E-state index in [1.807, 2.05) is 23.1 Å². The molecule has 162 valence electrons. The minimum absolute atomic E-state index is 0.0263. The molecule has 0 radical (unpaired) electrons. The third-order valence-electron chi connectivity index (χ3n) is 6.30. The number of rotatable bonds is 6. The molecule has 1 atom stereocenters. The number of aromatic nitrogens is 2. The quantitative estimate of drug-likeness (QED) is 0.708. The highest BCUT2D eigenvalue weighted by Gasteiger charge is 2.38. The van der Waals surface area contributed by atoms with Gasteiger partial charge in [0.05, 0.1) is 36.4 Å². The van der Waals surface area contributed by atoms with Gasteiger partial charge in [-0.05, 0) is 38.5 Å². The lowest BCUT2D eigenvalue weighted by molar-refractivity contribution is -0.133. The molecule has 8 heteroatoms. The van der Waals surface area contributed by atoms with Crippen molar-refractivity contribution in [3.05, 3.63) is 34.9 Å². The van der Waals surface area contributed by atoms with Crippen molar-refractivity contribution in [2.24, 2.45) is 0 Å². The second-order valence-corrected chi connectivity index (χ2v) is 8.39. The molecule has 1 amide bonds. The number of amides is 1. The van der Waals surface area contributed by atoms with Gasteiger partial charge in [-0.15, -0.1) is 0 Å². The molecule has 1 aromatic carbocycles. The fourth-order valence-corrected chi connectivity index (χ4v) is 4.52. The van der Waals surface area contributed by atoms with Crippen molar-refractivity contribution in [2.75, 3.05) is 51.3 Å². The van der Waals surface area contributed by atoms with Crippen LogP contribution in [0, 0.1) is 0 Å². The van der Waals surface area contributed by atoms with Gasteiger partial charge in [-0.3, -0.25) is 19.1 Å². The van der Waals surface area contributed by atoms with Crippen LogP contribution < -0.4 is 10.5 Å². The standard InChI is InChI=1S/C22H31N5O3/c1-16(2)27-7-6-20(22(27)29)25-10-8-24(9-11-25)17-4-5-18-19(14-17)23-15-26(21(18)28)12-13-30-3/h4-5,14-16,20H,6-13H2,1-3H3. The second kappa shape index (κ2) is 8.73. The Balaban J connectivity index is 1.43. The number of nitrogens with zero attached hydrogens (tertiary/aromatic N) is 5. The first-order valence-corrected chi connectivity index (χ1v) is 10.8. The molecule has 0 saturated carbocycles. The van der Waals surface area contributed by atoms with Crippen LogP contribution in [-0.2, 0) is 16.1 Å². The molecule has 1 aromatic heterocycles. The van der Waals surface area contributed by atoms with Gasteiger partial charge < -0.3 is 14.5 Å². The summed E-state index contributed by atoms with van der Waals surface area (Å²) in [5.41, 5.74) is 1.75. The summed E-state index contributed by atoms with van der Waals surface area (Å²) in [4.78, 5) is 36.4. The Morgan fingerprint density at radius 2 is 1.90 bits per heavy atom. The summed E-state index contributed by atoms with van der Waals surface area (Å²) in [5.74, 6) is 0.276. The van der Waals surface area contributed by atoms with Crippen molar-refractivity contribution in [3.8, 4) is 0 Å². The van der Waals surface area contributed by atoms with Gasteiger partial charge in [0.15, 0.2) is 0 Å². The zero-order valence-electron chi connectivity index (χ0n) is 18.1. The van der Waals surface area contributed by atoms with Gasteiger partial charge in [-0.25, -0.2) is 4.98 Å². The molecule has 0 aliphatic carbocycles. The summed E-state index contributed by atoms with van der Waals surface area (Å²) < 4.78 is 6.65. The van der Waals surface area contributed by atoms with Crippen LogP contribution in [0.25, 0.3) is 10.9 Å². The van der Waals surface area contributed by atoms with E-state index in [0.717, 1.165) is 44.8 Å². The number of methoxy groups -OCH3 is 1. The van der Waals surface area contributed by atoms with Gasteiger partial charge in [-0.2, -0.15) is 0 Å². The molecule has 2 aliphatic rings. The molecule has 3 heterocycles. The molecule has 2 aromatic rings. The van der Waals surface area contributed by atoms with Gasteiger partial charge in [0, 0.05) is 51.6 Å². The number of anilines is 1. The fourth-order valence-electron chi connectivity index (χ4n) is 4.52. The van der Waals surface area contributed by atoms with Crippen LogP contribution in [0.2, 0.25) is 0 Å². The zero-order chi connectivity index (χ0) is 21.3. The number of carbonyl (C=O) groups excluding carboxylic acids is 1. The van der Waals surface area contributed by atoms with Crippen LogP contribution in [-0.4, -0.2) is 83.8 Å². The second-order valence-electron chi connectivity index (χ2n) is 8.39. The van der Waals surface area contributed by atoms with Crippen molar-refractivity contribution in [1.82, 2.24) is 19.4 Å². The topological polar surface area (TPSA) is 70.9 Å². The highest BCUT2D eigenvalue weighted by molar-refractivity contribution is 5.84. The maximum absolute atomic E-state index is 12.7. The average Bonchev–Trinajstić information content (AvgIpc) is 3.15. The fraction of sp³-hybridized carbons (Fsp3) is 0.591. The molecule has 0 bridgehead atoms. The minimum atomic E-state index is -0.0390. The Hall–Kier alpha value is -2.45. The van der Waals surface area contributed by atoms with E-state index in [0.29, 0.717) is 24.1 Å². The van der Waals surface area contributed by atoms with Gasteiger partial charge >= 0.3 is 0 Å². The summed E-state index contributed by atoms with van der Waals surface area (Å²) in [7, 11) is 1.62. The molecule has 1 unspecified atom stereocenters. The number of piperazine rings is 1. The molecule has 8 nitrogen and oxygen atoms in total. The van der Waals surface area contributed by atoms with E-state index in [1.165, 1.54) is 0 Å². The monoisotopic (exact) mass is 413 g/mol. The zero-order valence-corrected chi connectivity index (χ0v) is 18.1. The predicted octanol–water partition coefficient (Wildman–Crippen LogP) is 1.17. The molecule has 2 fully saturated rings. The van der Waals surface area contributed by atoms with Crippen molar-refractivity contribution < 1.29 is 9.53 Å². The van der Waals surface area contributed by atoms with Gasteiger partial charge in [0.25, 0.3) is 5.56 Å². The lowest BCUT2D eigenvalue weighted by Crippen LogP contribution is -2.53. The first-order valence-electron chi connectivity index (χ1n) is 10.8. The summed E-state index contributed by atoms with van der Waals surface area (Å²) >= 11 is 0. The number of fused-ring (bicyclic) bond motifs is 1. The first kappa shape index (κ1) is 20.8. The summed E-state index contributed by atoms with van der Waals surface area (Å²) in [6.45, 7) is 9.46. The Morgan fingerprint density at radius 3 is 2.57 bits per heavy atom. The van der Waals surface area contributed by atoms with Crippen LogP contribution >= 0.6 is 0 Å². The van der Waals surface area contributed by atoms with Crippen LogP contribution in [0.4, 0.5) is 5.69 Å². The lowest BCUT2D eigenvalue weighted by atomic mass is 10.1. The molecular formula is C22H31N5O3. The highest BCUT2D eigenvalue weighted by atomic mass is 16.5. The van der Waals surface area contributed by atoms with Gasteiger partial charge in [-0.1, -0.05) is 0 Å².